The molecule has 0 saturated carbocycles. The van der Waals surface area contributed by atoms with E-state index in [0.29, 0.717) is 32.7 Å². The van der Waals surface area contributed by atoms with E-state index in [0.717, 1.165) is 0 Å². The Hall–Kier alpha value is -2.40. The van der Waals surface area contributed by atoms with Crippen LogP contribution in [0, 0.1) is 11.3 Å². The van der Waals surface area contributed by atoms with Crippen LogP contribution in [-0.2, 0) is 4.74 Å². The largest absolute Gasteiger partial charge is 0.470 e. The number of likely N-dealkylation sites (tertiary alicyclic amines) is 1. The van der Waals surface area contributed by atoms with Crippen molar-refractivity contribution in [2.45, 2.75) is 12.5 Å². The minimum atomic E-state index is -0.179. The summed E-state index contributed by atoms with van der Waals surface area (Å²) in [6.45, 7) is 2.01. The second-order valence-corrected chi connectivity index (χ2v) is 4.52. The molecule has 2 amide bonds. The van der Waals surface area contributed by atoms with E-state index in [-0.39, 0.29) is 23.7 Å². The van der Waals surface area contributed by atoms with Crippen LogP contribution < -0.4 is 10.1 Å². The molecule has 1 saturated heterocycles. The lowest BCUT2D eigenvalue weighted by atomic mass is 10.3. The quantitative estimate of drug-likeness (QED) is 0.775. The maximum absolute atomic E-state index is 11.9. The van der Waals surface area contributed by atoms with Crippen molar-refractivity contribution in [3.8, 4) is 11.9 Å². The molecular formula is C13H17N5O3. The van der Waals surface area contributed by atoms with Gasteiger partial charge in [-0.3, -0.25) is 0 Å². The molecule has 1 aliphatic heterocycles. The van der Waals surface area contributed by atoms with Gasteiger partial charge in [0.1, 0.15) is 12.2 Å². The van der Waals surface area contributed by atoms with Crippen molar-refractivity contribution >= 4 is 6.03 Å². The monoisotopic (exact) mass is 291 g/mol. The number of nitriles is 1. The lowest BCUT2D eigenvalue weighted by molar-refractivity contribution is 0.173. The molecule has 0 bridgehead atoms. The fraction of sp³-hybridized carbons (Fsp3) is 0.538. The fourth-order valence-corrected chi connectivity index (χ4v) is 2.03. The number of hydrogen-bond acceptors (Lipinski definition) is 6. The Morgan fingerprint density at radius 1 is 1.57 bits per heavy atom. The third-order valence-electron chi connectivity index (χ3n) is 3.06. The minimum absolute atomic E-state index is 0.141. The van der Waals surface area contributed by atoms with Crippen LogP contribution in [0.3, 0.4) is 0 Å². The molecule has 1 unspecified atom stereocenters. The number of carbonyl (C=O) groups is 1. The van der Waals surface area contributed by atoms with E-state index in [1.807, 2.05) is 6.07 Å². The number of methoxy groups -OCH3 is 1. The summed E-state index contributed by atoms with van der Waals surface area (Å²) in [5, 5.41) is 11.7. The molecule has 8 nitrogen and oxygen atoms in total. The number of amides is 2. The van der Waals surface area contributed by atoms with Crippen LogP contribution in [0.1, 0.15) is 12.1 Å². The average Bonchev–Trinajstić information content (AvgIpc) is 2.96. The molecule has 8 heteroatoms. The van der Waals surface area contributed by atoms with Crippen molar-refractivity contribution in [1.82, 2.24) is 20.2 Å². The molecule has 0 spiro atoms. The van der Waals surface area contributed by atoms with E-state index in [9.17, 15) is 4.79 Å². The molecule has 0 aromatic carbocycles. The summed E-state index contributed by atoms with van der Waals surface area (Å²) >= 11 is 0. The van der Waals surface area contributed by atoms with Crippen molar-refractivity contribution in [3.05, 3.63) is 18.1 Å². The number of hydrogen-bond donors (Lipinski definition) is 1. The highest BCUT2D eigenvalue weighted by molar-refractivity contribution is 5.74. The third kappa shape index (κ3) is 4.03. The number of ether oxygens (including phenoxy) is 2. The summed E-state index contributed by atoms with van der Waals surface area (Å²) in [6, 6.07) is 1.79. The van der Waals surface area contributed by atoms with E-state index in [2.05, 4.69) is 15.3 Å². The second-order valence-electron chi connectivity index (χ2n) is 4.52. The van der Waals surface area contributed by atoms with Gasteiger partial charge in [-0.25, -0.2) is 14.8 Å². The standard InChI is InChI=1S/C13H17N5O3/c1-20-7-5-17-13(19)18-6-2-10(9-18)21-12-11(8-14)15-3-4-16-12/h3-4,10H,2,5-7,9H2,1H3,(H,17,19). The third-order valence-corrected chi connectivity index (χ3v) is 3.06. The van der Waals surface area contributed by atoms with Gasteiger partial charge >= 0.3 is 6.03 Å². The molecule has 0 aliphatic carbocycles. The van der Waals surface area contributed by atoms with Crippen LogP contribution in [0.15, 0.2) is 12.4 Å². The van der Waals surface area contributed by atoms with E-state index in [1.165, 1.54) is 12.4 Å². The van der Waals surface area contributed by atoms with Crippen LogP contribution in [0.2, 0.25) is 0 Å². The summed E-state index contributed by atoms with van der Waals surface area (Å²) in [7, 11) is 1.58. The SMILES string of the molecule is COCCNC(=O)N1CCC(Oc2nccnc2C#N)C1. The first-order valence-electron chi connectivity index (χ1n) is 6.64. The first kappa shape index (κ1) is 15.0. The van der Waals surface area contributed by atoms with Gasteiger partial charge < -0.3 is 19.7 Å². The Bertz CT molecular complexity index is 531. The predicted molar refractivity (Wildman–Crippen MR) is 72.6 cm³/mol. The van der Waals surface area contributed by atoms with Gasteiger partial charge in [0.2, 0.25) is 5.69 Å². The molecule has 1 aliphatic rings. The molecule has 1 atom stereocenters. The highest BCUT2D eigenvalue weighted by atomic mass is 16.5. The molecule has 112 valence electrons. The van der Waals surface area contributed by atoms with Gasteiger partial charge in [-0.1, -0.05) is 0 Å². The van der Waals surface area contributed by atoms with Crippen LogP contribution in [-0.4, -0.2) is 60.4 Å². The smallest absolute Gasteiger partial charge is 0.317 e. The maximum Gasteiger partial charge on any atom is 0.317 e. The van der Waals surface area contributed by atoms with Crippen molar-refractivity contribution in [1.29, 1.82) is 5.26 Å². The van der Waals surface area contributed by atoms with Gasteiger partial charge in [0, 0.05) is 39.0 Å². The van der Waals surface area contributed by atoms with Gasteiger partial charge in [-0.2, -0.15) is 5.26 Å². The first-order valence-corrected chi connectivity index (χ1v) is 6.64. The fourth-order valence-electron chi connectivity index (χ4n) is 2.03. The first-order chi connectivity index (χ1) is 10.2. The van der Waals surface area contributed by atoms with Crippen molar-refractivity contribution in [2.24, 2.45) is 0 Å². The molecule has 0 radical (unpaired) electrons. The molecule has 1 aromatic heterocycles. The summed E-state index contributed by atoms with van der Waals surface area (Å²) in [4.78, 5) is 21.4. The Labute approximate surface area is 122 Å². The minimum Gasteiger partial charge on any atom is -0.470 e. The van der Waals surface area contributed by atoms with Gasteiger partial charge in [-0.05, 0) is 0 Å². The van der Waals surface area contributed by atoms with Gasteiger partial charge in [0.05, 0.1) is 13.2 Å². The van der Waals surface area contributed by atoms with Crippen LogP contribution in [0.4, 0.5) is 4.79 Å². The number of urea groups is 1. The zero-order valence-electron chi connectivity index (χ0n) is 11.8. The highest BCUT2D eigenvalue weighted by Crippen LogP contribution is 2.18. The Balaban J connectivity index is 1.85. The van der Waals surface area contributed by atoms with Crippen LogP contribution in [0.25, 0.3) is 0 Å². The summed E-state index contributed by atoms with van der Waals surface area (Å²) in [5.41, 5.74) is 0.153. The highest BCUT2D eigenvalue weighted by Gasteiger charge is 2.28. The second kappa shape index (κ2) is 7.40. The Morgan fingerprint density at radius 3 is 3.14 bits per heavy atom. The molecule has 2 heterocycles. The Kier molecular flexibility index (Phi) is 5.29. The number of carbonyl (C=O) groups excluding carboxylic acids is 1. The molecule has 21 heavy (non-hydrogen) atoms. The molecule has 1 aromatic rings. The number of aromatic nitrogens is 2. The number of rotatable bonds is 5. The van der Waals surface area contributed by atoms with Gasteiger partial charge in [-0.15, -0.1) is 0 Å². The van der Waals surface area contributed by atoms with Gasteiger partial charge in [0.25, 0.3) is 5.88 Å². The normalized spacial score (nSPS) is 17.3. The lowest BCUT2D eigenvalue weighted by Gasteiger charge is -2.17. The van der Waals surface area contributed by atoms with Crippen molar-refractivity contribution in [3.63, 3.8) is 0 Å². The number of nitrogens with one attached hydrogen (secondary N) is 1. The van der Waals surface area contributed by atoms with Crippen molar-refractivity contribution < 1.29 is 14.3 Å². The maximum atomic E-state index is 11.9. The Morgan fingerprint density at radius 2 is 2.38 bits per heavy atom. The van der Waals surface area contributed by atoms with E-state index in [4.69, 9.17) is 14.7 Å². The van der Waals surface area contributed by atoms with Crippen LogP contribution in [0.5, 0.6) is 5.88 Å². The zero-order valence-corrected chi connectivity index (χ0v) is 11.8. The van der Waals surface area contributed by atoms with E-state index >= 15 is 0 Å². The lowest BCUT2D eigenvalue weighted by Crippen LogP contribution is -2.40. The average molecular weight is 291 g/mol. The zero-order chi connectivity index (χ0) is 15.1. The molecule has 2 rings (SSSR count). The summed E-state index contributed by atoms with van der Waals surface area (Å²) < 4.78 is 10.5. The van der Waals surface area contributed by atoms with Gasteiger partial charge in [0.15, 0.2) is 0 Å². The van der Waals surface area contributed by atoms with E-state index in [1.54, 1.807) is 12.0 Å². The van der Waals surface area contributed by atoms with Crippen LogP contribution >= 0.6 is 0 Å². The summed E-state index contributed by atoms with van der Waals surface area (Å²) in [6.07, 6.45) is 3.43. The molecule has 1 fully saturated rings. The molecular weight excluding hydrogens is 274 g/mol. The molecule has 1 N–H and O–H groups in total. The predicted octanol–water partition coefficient (Wildman–Crippen LogP) is 0.157. The topological polar surface area (TPSA) is 100 Å². The van der Waals surface area contributed by atoms with E-state index < -0.39 is 0 Å². The number of nitrogens with zero attached hydrogens (tertiary/aromatic N) is 4. The van der Waals surface area contributed by atoms with Crippen molar-refractivity contribution in [2.75, 3.05) is 33.4 Å². The summed E-state index contributed by atoms with van der Waals surface area (Å²) in [5.74, 6) is 0.214.